The molecule has 1 aliphatic heterocycles. The summed E-state index contributed by atoms with van der Waals surface area (Å²) in [6, 6.07) is 9.31. The Morgan fingerprint density at radius 3 is 2.70 bits per heavy atom. The molecule has 3 rings (SSSR count). The second kappa shape index (κ2) is 5.65. The van der Waals surface area contributed by atoms with Crippen molar-refractivity contribution in [2.45, 2.75) is 26.3 Å². The number of amides is 2. The van der Waals surface area contributed by atoms with Crippen LogP contribution in [0, 0.1) is 0 Å². The number of fused-ring (bicyclic) bond motifs is 1. The smallest absolute Gasteiger partial charge is 0.255 e. The molecule has 0 atom stereocenters. The number of carbonyl (C=O) groups excluding carboxylic acids is 2. The Balaban J connectivity index is 2.01. The van der Waals surface area contributed by atoms with Gasteiger partial charge in [-0.1, -0.05) is 18.2 Å². The predicted octanol–water partition coefficient (Wildman–Crippen LogP) is 2.32. The molecule has 1 fully saturated rings. The molecule has 5 nitrogen and oxygen atoms in total. The lowest BCUT2D eigenvalue weighted by Gasteiger charge is -2.45. The van der Waals surface area contributed by atoms with Crippen LogP contribution in [-0.2, 0) is 4.79 Å². The van der Waals surface area contributed by atoms with Crippen molar-refractivity contribution in [1.82, 2.24) is 14.8 Å². The van der Waals surface area contributed by atoms with Crippen molar-refractivity contribution >= 4 is 22.7 Å². The largest absolute Gasteiger partial charge is 0.339 e. The molecule has 0 N–H and O–H groups in total. The van der Waals surface area contributed by atoms with Gasteiger partial charge < -0.3 is 9.80 Å². The number of carbonyl (C=O) groups is 2. The van der Waals surface area contributed by atoms with Gasteiger partial charge in [0, 0.05) is 31.2 Å². The normalized spacial score (nSPS) is 17.6. The van der Waals surface area contributed by atoms with Gasteiger partial charge in [0.1, 0.15) is 5.54 Å². The molecule has 1 aliphatic rings. The van der Waals surface area contributed by atoms with E-state index in [2.05, 4.69) is 4.98 Å². The van der Waals surface area contributed by atoms with Crippen LogP contribution in [0.5, 0.6) is 0 Å². The van der Waals surface area contributed by atoms with E-state index < -0.39 is 5.54 Å². The molecular weight excluding hydrogens is 290 g/mol. The number of pyridine rings is 1. The quantitative estimate of drug-likeness (QED) is 0.855. The Labute approximate surface area is 135 Å². The third-order valence-corrected chi connectivity index (χ3v) is 4.59. The van der Waals surface area contributed by atoms with Gasteiger partial charge in [-0.3, -0.25) is 14.6 Å². The summed E-state index contributed by atoms with van der Waals surface area (Å²) in [7, 11) is 0. The Kier molecular flexibility index (Phi) is 3.80. The van der Waals surface area contributed by atoms with E-state index in [0.29, 0.717) is 25.2 Å². The molecule has 5 heteroatoms. The summed E-state index contributed by atoms with van der Waals surface area (Å²) in [5.74, 6) is -0.115. The predicted molar refractivity (Wildman–Crippen MR) is 89.1 cm³/mol. The van der Waals surface area contributed by atoms with Crippen LogP contribution in [0.4, 0.5) is 0 Å². The number of rotatable bonds is 2. The molecule has 1 aromatic heterocycles. The van der Waals surface area contributed by atoms with Crippen LogP contribution >= 0.6 is 0 Å². The van der Waals surface area contributed by atoms with Gasteiger partial charge in [-0.25, -0.2) is 0 Å². The number of para-hydroxylation sites is 1. The maximum Gasteiger partial charge on any atom is 0.255 e. The first-order chi connectivity index (χ1) is 11.0. The van der Waals surface area contributed by atoms with E-state index >= 15 is 0 Å². The fourth-order valence-electron chi connectivity index (χ4n) is 3.19. The highest BCUT2D eigenvalue weighted by Crippen LogP contribution is 2.26. The van der Waals surface area contributed by atoms with Gasteiger partial charge in [0.25, 0.3) is 5.91 Å². The third-order valence-electron chi connectivity index (χ3n) is 4.59. The first kappa shape index (κ1) is 15.5. The minimum Gasteiger partial charge on any atom is -0.339 e. The molecule has 0 unspecified atom stereocenters. The van der Waals surface area contributed by atoms with Crippen molar-refractivity contribution in [2.75, 3.05) is 19.6 Å². The number of hydrogen-bond donors (Lipinski definition) is 0. The van der Waals surface area contributed by atoms with Crippen LogP contribution in [0.15, 0.2) is 36.5 Å². The standard InChI is InChI=1S/C18H21N3O2/c1-4-20-11-12-21(18(2,3)17(20)23)16(22)14-9-10-19-15-8-6-5-7-13(14)15/h5-10H,4,11-12H2,1-3H3. The summed E-state index contributed by atoms with van der Waals surface area (Å²) >= 11 is 0. The SMILES string of the molecule is CCN1CCN(C(=O)c2ccnc3ccccc23)C(C)(C)C1=O. The highest BCUT2D eigenvalue weighted by molar-refractivity contribution is 6.08. The molecule has 1 saturated heterocycles. The van der Waals surface area contributed by atoms with Crippen LogP contribution in [0.3, 0.4) is 0 Å². The Morgan fingerprint density at radius 2 is 1.96 bits per heavy atom. The number of benzene rings is 1. The number of aromatic nitrogens is 1. The molecule has 2 amide bonds. The Hall–Kier alpha value is -2.43. The van der Waals surface area contributed by atoms with E-state index in [-0.39, 0.29) is 11.8 Å². The molecule has 120 valence electrons. The molecule has 0 spiro atoms. The van der Waals surface area contributed by atoms with Crippen molar-refractivity contribution in [3.05, 3.63) is 42.1 Å². The van der Waals surface area contributed by atoms with Gasteiger partial charge in [0.05, 0.1) is 11.1 Å². The highest BCUT2D eigenvalue weighted by atomic mass is 16.2. The lowest BCUT2D eigenvalue weighted by Crippen LogP contribution is -2.64. The van der Waals surface area contributed by atoms with Crippen LogP contribution in [0.2, 0.25) is 0 Å². The van der Waals surface area contributed by atoms with Crippen LogP contribution in [0.1, 0.15) is 31.1 Å². The van der Waals surface area contributed by atoms with Gasteiger partial charge >= 0.3 is 0 Å². The number of likely N-dealkylation sites (N-methyl/N-ethyl adjacent to an activating group) is 1. The minimum absolute atomic E-state index is 0.00189. The number of piperazine rings is 1. The first-order valence-corrected chi connectivity index (χ1v) is 7.92. The maximum absolute atomic E-state index is 13.1. The molecule has 0 bridgehead atoms. The van der Waals surface area contributed by atoms with Gasteiger partial charge in [-0.05, 0) is 32.9 Å². The van der Waals surface area contributed by atoms with Crippen LogP contribution < -0.4 is 0 Å². The average molecular weight is 311 g/mol. The second-order valence-corrected chi connectivity index (χ2v) is 6.28. The fourth-order valence-corrected chi connectivity index (χ4v) is 3.19. The van der Waals surface area contributed by atoms with Crippen molar-refractivity contribution in [2.24, 2.45) is 0 Å². The van der Waals surface area contributed by atoms with E-state index in [1.54, 1.807) is 22.1 Å². The van der Waals surface area contributed by atoms with E-state index in [4.69, 9.17) is 0 Å². The van der Waals surface area contributed by atoms with Crippen molar-refractivity contribution in [1.29, 1.82) is 0 Å². The highest BCUT2D eigenvalue weighted by Gasteiger charge is 2.44. The number of nitrogens with zero attached hydrogens (tertiary/aromatic N) is 3. The Bertz CT molecular complexity index is 764. The molecule has 2 heterocycles. The molecule has 1 aromatic carbocycles. The summed E-state index contributed by atoms with van der Waals surface area (Å²) in [4.78, 5) is 33.5. The van der Waals surface area contributed by atoms with E-state index in [1.165, 1.54) is 0 Å². The van der Waals surface area contributed by atoms with Gasteiger partial charge in [0.15, 0.2) is 0 Å². The minimum atomic E-state index is -0.838. The zero-order chi connectivity index (χ0) is 16.6. The molecule has 0 aliphatic carbocycles. The second-order valence-electron chi connectivity index (χ2n) is 6.28. The number of hydrogen-bond acceptors (Lipinski definition) is 3. The average Bonchev–Trinajstić information content (AvgIpc) is 2.56. The topological polar surface area (TPSA) is 53.5 Å². The Morgan fingerprint density at radius 1 is 1.22 bits per heavy atom. The summed E-state index contributed by atoms with van der Waals surface area (Å²) in [6.07, 6.45) is 1.65. The van der Waals surface area contributed by atoms with Gasteiger partial charge in [0.2, 0.25) is 5.91 Å². The zero-order valence-corrected chi connectivity index (χ0v) is 13.7. The van der Waals surface area contributed by atoms with Crippen LogP contribution in [0.25, 0.3) is 10.9 Å². The molecular formula is C18H21N3O2. The summed E-state index contributed by atoms with van der Waals surface area (Å²) in [6.45, 7) is 7.39. The van der Waals surface area contributed by atoms with Crippen molar-refractivity contribution in [3.8, 4) is 0 Å². The van der Waals surface area contributed by atoms with E-state index in [1.807, 2.05) is 45.0 Å². The zero-order valence-electron chi connectivity index (χ0n) is 13.7. The summed E-state index contributed by atoms with van der Waals surface area (Å²) in [5.41, 5.74) is 0.548. The molecule has 23 heavy (non-hydrogen) atoms. The van der Waals surface area contributed by atoms with Gasteiger partial charge in [-0.15, -0.1) is 0 Å². The molecule has 0 radical (unpaired) electrons. The lowest BCUT2D eigenvalue weighted by molar-refractivity contribution is -0.146. The van der Waals surface area contributed by atoms with Crippen LogP contribution in [-0.4, -0.2) is 51.8 Å². The van der Waals surface area contributed by atoms with E-state index in [0.717, 1.165) is 10.9 Å². The van der Waals surface area contributed by atoms with Crippen molar-refractivity contribution < 1.29 is 9.59 Å². The maximum atomic E-state index is 13.1. The summed E-state index contributed by atoms with van der Waals surface area (Å²) in [5, 5.41) is 0.821. The molecule has 0 saturated carbocycles. The molecule has 2 aromatic rings. The van der Waals surface area contributed by atoms with Crippen molar-refractivity contribution in [3.63, 3.8) is 0 Å². The van der Waals surface area contributed by atoms with E-state index in [9.17, 15) is 9.59 Å². The fraction of sp³-hybridized carbons (Fsp3) is 0.389. The van der Waals surface area contributed by atoms with Gasteiger partial charge in [-0.2, -0.15) is 0 Å². The summed E-state index contributed by atoms with van der Waals surface area (Å²) < 4.78 is 0. The third kappa shape index (κ3) is 2.46. The monoisotopic (exact) mass is 311 g/mol. The lowest BCUT2D eigenvalue weighted by atomic mass is 9.95. The first-order valence-electron chi connectivity index (χ1n) is 7.92.